The normalized spacial score (nSPS) is 29.6. The van der Waals surface area contributed by atoms with Crippen molar-refractivity contribution in [2.45, 2.75) is 25.2 Å². The fourth-order valence-corrected chi connectivity index (χ4v) is 3.12. The van der Waals surface area contributed by atoms with Crippen molar-refractivity contribution in [1.82, 2.24) is 30.8 Å². The van der Waals surface area contributed by atoms with Gasteiger partial charge in [0.1, 0.15) is 5.69 Å². The summed E-state index contributed by atoms with van der Waals surface area (Å²) >= 11 is 0. The molecule has 0 amide bonds. The Balaban J connectivity index is 1.85. The summed E-state index contributed by atoms with van der Waals surface area (Å²) in [5, 5.41) is 21.6. The second kappa shape index (κ2) is 2.82. The molecule has 2 unspecified atom stereocenters. The van der Waals surface area contributed by atoms with Gasteiger partial charge in [-0.3, -0.25) is 5.10 Å². The second-order valence-corrected chi connectivity index (χ2v) is 4.81. The molecular weight excluding hydrogens is 216 g/mol. The van der Waals surface area contributed by atoms with Crippen LogP contribution in [-0.2, 0) is 11.8 Å². The molecule has 1 fully saturated rings. The number of fused-ring (bicyclic) bond motifs is 3. The third-order valence-corrected chi connectivity index (χ3v) is 3.94. The molecule has 2 N–H and O–H groups in total. The molecule has 17 heavy (non-hydrogen) atoms. The van der Waals surface area contributed by atoms with E-state index in [9.17, 15) is 0 Å². The Bertz CT molecular complexity index is 596. The average molecular weight is 228 g/mol. The number of H-pyrrole nitrogens is 2. The van der Waals surface area contributed by atoms with Crippen LogP contribution in [0.4, 0.5) is 0 Å². The van der Waals surface area contributed by atoms with Gasteiger partial charge < -0.3 is 0 Å². The van der Waals surface area contributed by atoms with Crippen LogP contribution in [0.1, 0.15) is 24.6 Å². The van der Waals surface area contributed by atoms with Crippen LogP contribution in [0.2, 0.25) is 0 Å². The van der Waals surface area contributed by atoms with Gasteiger partial charge in [0.25, 0.3) is 0 Å². The van der Waals surface area contributed by atoms with Gasteiger partial charge in [-0.2, -0.15) is 10.3 Å². The van der Waals surface area contributed by atoms with Crippen LogP contribution < -0.4 is 0 Å². The molecule has 0 spiro atoms. The van der Waals surface area contributed by atoms with Crippen LogP contribution in [0.3, 0.4) is 0 Å². The second-order valence-electron chi connectivity index (χ2n) is 4.81. The highest BCUT2D eigenvalue weighted by molar-refractivity contribution is 5.62. The van der Waals surface area contributed by atoms with Crippen molar-refractivity contribution in [2.24, 2.45) is 5.92 Å². The number of hydrogen-bond acceptors (Lipinski definition) is 4. The number of nitrogens with one attached hydrogen (secondary N) is 2. The number of rotatable bonds is 2. The number of allylic oxidation sites excluding steroid dienone is 2. The Morgan fingerprint density at radius 2 is 2.35 bits per heavy atom. The molecule has 86 valence electrons. The summed E-state index contributed by atoms with van der Waals surface area (Å²) in [6, 6.07) is 0. The van der Waals surface area contributed by atoms with E-state index in [-0.39, 0.29) is 5.41 Å². The van der Waals surface area contributed by atoms with Crippen LogP contribution in [0.15, 0.2) is 12.2 Å². The predicted octanol–water partition coefficient (Wildman–Crippen LogP) is 0.980. The Morgan fingerprint density at radius 1 is 1.41 bits per heavy atom. The molecule has 2 atom stereocenters. The number of aromatic nitrogens is 6. The first-order valence-corrected chi connectivity index (χ1v) is 5.80. The lowest BCUT2D eigenvalue weighted by atomic mass is 10.0. The van der Waals surface area contributed by atoms with Crippen molar-refractivity contribution >= 4 is 0 Å². The van der Waals surface area contributed by atoms with Crippen molar-refractivity contribution in [3.8, 4) is 11.5 Å². The average Bonchev–Trinajstić information content (AvgIpc) is 2.79. The summed E-state index contributed by atoms with van der Waals surface area (Å²) in [5.74, 6) is 1.33. The lowest BCUT2D eigenvalue weighted by molar-refractivity contribution is 0.752. The van der Waals surface area contributed by atoms with E-state index in [1.165, 1.54) is 17.7 Å². The molecule has 6 nitrogen and oxygen atoms in total. The van der Waals surface area contributed by atoms with E-state index in [1.807, 2.05) is 0 Å². The maximum atomic E-state index is 4.47. The Kier molecular flexibility index (Phi) is 1.51. The molecule has 4 rings (SSSR count). The molecule has 2 aromatic heterocycles. The lowest BCUT2D eigenvalue weighted by Gasteiger charge is -2.03. The number of aromatic amines is 2. The molecule has 1 saturated carbocycles. The molecule has 2 heterocycles. The highest BCUT2D eigenvalue weighted by Gasteiger charge is 2.60. The van der Waals surface area contributed by atoms with Gasteiger partial charge in [-0.05, 0) is 30.9 Å². The van der Waals surface area contributed by atoms with Gasteiger partial charge in [0.05, 0.1) is 5.69 Å². The maximum absolute atomic E-state index is 4.47. The van der Waals surface area contributed by atoms with E-state index < -0.39 is 0 Å². The minimum absolute atomic E-state index is 0.197. The molecule has 0 bridgehead atoms. The first-order chi connectivity index (χ1) is 8.35. The van der Waals surface area contributed by atoms with Gasteiger partial charge in [-0.1, -0.05) is 12.2 Å². The molecule has 2 aromatic rings. The zero-order valence-corrected chi connectivity index (χ0v) is 9.44. The lowest BCUT2D eigenvalue weighted by Crippen LogP contribution is -2.02. The maximum Gasteiger partial charge on any atom is 0.222 e. The molecule has 0 aliphatic heterocycles. The van der Waals surface area contributed by atoms with E-state index in [1.54, 1.807) is 0 Å². The summed E-state index contributed by atoms with van der Waals surface area (Å²) in [6.07, 6.45) is 6.70. The summed E-state index contributed by atoms with van der Waals surface area (Å²) in [5.41, 5.74) is 3.56. The third kappa shape index (κ3) is 0.999. The molecular formula is C11H12N6. The van der Waals surface area contributed by atoms with Crippen molar-refractivity contribution in [3.05, 3.63) is 23.4 Å². The number of tetrazole rings is 1. The number of nitrogens with zero attached hydrogens (tertiary/aromatic N) is 4. The summed E-state index contributed by atoms with van der Waals surface area (Å²) in [6.45, 7) is 2.06. The largest absolute Gasteiger partial charge is 0.274 e. The third-order valence-electron chi connectivity index (χ3n) is 3.94. The highest BCUT2D eigenvalue weighted by Crippen LogP contribution is 2.63. The van der Waals surface area contributed by atoms with E-state index in [2.05, 4.69) is 49.9 Å². The van der Waals surface area contributed by atoms with Crippen LogP contribution in [0.25, 0.3) is 11.5 Å². The first-order valence-electron chi connectivity index (χ1n) is 5.80. The topological polar surface area (TPSA) is 83.1 Å². The standard InChI is InChI=1S/C11H12N6/c1-2-3-11-5-6(11)4-7-8(12-13-9(7)11)10-14-16-17-15-10/h2-3,6H,4-5H2,1H3,(H,12,13)(H,14,15,16,17). The fraction of sp³-hybridized carbons (Fsp3) is 0.455. The number of hydrogen-bond donors (Lipinski definition) is 2. The molecule has 0 saturated heterocycles. The van der Waals surface area contributed by atoms with Gasteiger partial charge in [0, 0.05) is 11.0 Å². The monoisotopic (exact) mass is 228 g/mol. The summed E-state index contributed by atoms with van der Waals surface area (Å²) < 4.78 is 0. The van der Waals surface area contributed by atoms with Crippen molar-refractivity contribution < 1.29 is 0 Å². The smallest absolute Gasteiger partial charge is 0.222 e. The van der Waals surface area contributed by atoms with Crippen LogP contribution >= 0.6 is 0 Å². The Labute approximate surface area is 97.5 Å². The van der Waals surface area contributed by atoms with Gasteiger partial charge >= 0.3 is 0 Å². The highest BCUT2D eigenvalue weighted by atomic mass is 15.5. The minimum atomic E-state index is 0.197. The molecule has 0 radical (unpaired) electrons. The zero-order chi connectivity index (χ0) is 11.5. The SMILES string of the molecule is CC=CC12CC1Cc1c2n[nH]c1-c1nn[nH]n1. The molecule has 2 aliphatic rings. The van der Waals surface area contributed by atoms with Crippen molar-refractivity contribution in [2.75, 3.05) is 0 Å². The van der Waals surface area contributed by atoms with Crippen LogP contribution in [-0.4, -0.2) is 30.8 Å². The van der Waals surface area contributed by atoms with E-state index >= 15 is 0 Å². The Hall–Kier alpha value is -1.98. The Morgan fingerprint density at radius 3 is 3.12 bits per heavy atom. The predicted molar refractivity (Wildman–Crippen MR) is 60.1 cm³/mol. The van der Waals surface area contributed by atoms with Gasteiger partial charge in [-0.25, -0.2) is 0 Å². The van der Waals surface area contributed by atoms with Crippen LogP contribution in [0, 0.1) is 5.92 Å². The quantitative estimate of drug-likeness (QED) is 0.750. The molecule has 2 aliphatic carbocycles. The van der Waals surface area contributed by atoms with Crippen LogP contribution in [0.5, 0.6) is 0 Å². The van der Waals surface area contributed by atoms with Crippen molar-refractivity contribution in [3.63, 3.8) is 0 Å². The van der Waals surface area contributed by atoms with Gasteiger partial charge in [0.15, 0.2) is 0 Å². The van der Waals surface area contributed by atoms with E-state index in [0.29, 0.717) is 5.82 Å². The van der Waals surface area contributed by atoms with E-state index in [4.69, 9.17) is 0 Å². The molecule has 0 aromatic carbocycles. The summed E-state index contributed by atoms with van der Waals surface area (Å²) in [7, 11) is 0. The summed E-state index contributed by atoms with van der Waals surface area (Å²) in [4.78, 5) is 0. The van der Waals surface area contributed by atoms with E-state index in [0.717, 1.165) is 18.0 Å². The first kappa shape index (κ1) is 9.09. The minimum Gasteiger partial charge on any atom is -0.274 e. The zero-order valence-electron chi connectivity index (χ0n) is 9.44. The molecule has 6 heteroatoms. The van der Waals surface area contributed by atoms with Gasteiger partial charge in [-0.15, -0.1) is 10.2 Å². The fourth-order valence-electron chi connectivity index (χ4n) is 3.12. The van der Waals surface area contributed by atoms with Gasteiger partial charge in [0.2, 0.25) is 5.82 Å². The van der Waals surface area contributed by atoms with Crippen molar-refractivity contribution in [1.29, 1.82) is 0 Å².